The van der Waals surface area contributed by atoms with Gasteiger partial charge in [0.15, 0.2) is 0 Å². The van der Waals surface area contributed by atoms with Crippen LogP contribution in [0.5, 0.6) is 0 Å². The highest BCUT2D eigenvalue weighted by Gasteiger charge is 2.15. The quantitative estimate of drug-likeness (QED) is 0.904. The van der Waals surface area contributed by atoms with E-state index in [2.05, 4.69) is 0 Å². The molecule has 0 saturated heterocycles. The van der Waals surface area contributed by atoms with Gasteiger partial charge in [0, 0.05) is 0 Å². The predicted octanol–water partition coefficient (Wildman–Crippen LogP) is 3.99. The van der Waals surface area contributed by atoms with Crippen LogP contribution in [0.15, 0.2) is 42.5 Å². The van der Waals surface area contributed by atoms with E-state index in [0.29, 0.717) is 11.1 Å². The molecule has 0 aliphatic carbocycles. The number of alkyl halides is 2. The molecule has 0 fully saturated rings. The fourth-order valence-electron chi connectivity index (χ4n) is 2.08. The summed E-state index contributed by atoms with van der Waals surface area (Å²) >= 11 is 0. The Hall–Kier alpha value is -2.23. The average molecular weight is 262 g/mol. The molecule has 4 heteroatoms. The van der Waals surface area contributed by atoms with Crippen LogP contribution in [0.3, 0.4) is 0 Å². The summed E-state index contributed by atoms with van der Waals surface area (Å²) in [6.45, 7) is -1.67. The van der Waals surface area contributed by atoms with E-state index in [-0.39, 0.29) is 16.7 Å². The molecule has 2 nitrogen and oxygen atoms in total. The van der Waals surface area contributed by atoms with E-state index in [9.17, 15) is 13.6 Å². The number of carboxylic acid groups (broad SMARTS) is 1. The van der Waals surface area contributed by atoms with Crippen LogP contribution in [-0.4, -0.2) is 11.1 Å². The van der Waals surface area contributed by atoms with E-state index < -0.39 is 19.3 Å². The van der Waals surface area contributed by atoms with Gasteiger partial charge in [-0.05, 0) is 34.4 Å². The van der Waals surface area contributed by atoms with Crippen molar-refractivity contribution >= 4 is 5.97 Å². The van der Waals surface area contributed by atoms with E-state index >= 15 is 0 Å². The molecule has 2 aromatic rings. The summed E-state index contributed by atoms with van der Waals surface area (Å²) in [6.07, 6.45) is 0. The molecule has 2 rings (SSSR count). The summed E-state index contributed by atoms with van der Waals surface area (Å²) in [7, 11) is 0. The van der Waals surface area contributed by atoms with Gasteiger partial charge in [-0.25, -0.2) is 13.6 Å². The van der Waals surface area contributed by atoms with Crippen LogP contribution < -0.4 is 0 Å². The molecule has 0 bridgehead atoms. The number of halogens is 2. The second-order valence-corrected chi connectivity index (χ2v) is 4.11. The molecule has 0 amide bonds. The Morgan fingerprint density at radius 3 is 1.95 bits per heavy atom. The summed E-state index contributed by atoms with van der Waals surface area (Å²) in [5, 5.41) is 8.94. The van der Waals surface area contributed by atoms with Crippen molar-refractivity contribution < 1.29 is 18.7 Å². The van der Waals surface area contributed by atoms with Crippen molar-refractivity contribution in [3.8, 4) is 11.1 Å². The fraction of sp³-hybridized carbons (Fsp3) is 0.133. The van der Waals surface area contributed by atoms with Crippen molar-refractivity contribution in [1.29, 1.82) is 0 Å². The van der Waals surface area contributed by atoms with E-state index in [1.54, 1.807) is 30.3 Å². The third kappa shape index (κ3) is 2.62. The smallest absolute Gasteiger partial charge is 0.335 e. The molecule has 0 spiro atoms. The van der Waals surface area contributed by atoms with Gasteiger partial charge in [-0.1, -0.05) is 30.3 Å². The predicted molar refractivity (Wildman–Crippen MR) is 68.5 cm³/mol. The van der Waals surface area contributed by atoms with Gasteiger partial charge in [0.25, 0.3) is 0 Å². The van der Waals surface area contributed by atoms with Gasteiger partial charge in [-0.2, -0.15) is 0 Å². The largest absolute Gasteiger partial charge is 0.478 e. The van der Waals surface area contributed by atoms with Crippen molar-refractivity contribution in [1.82, 2.24) is 0 Å². The highest BCUT2D eigenvalue weighted by atomic mass is 19.1. The van der Waals surface area contributed by atoms with Crippen LogP contribution >= 0.6 is 0 Å². The maximum absolute atomic E-state index is 13.1. The topological polar surface area (TPSA) is 37.3 Å². The monoisotopic (exact) mass is 262 g/mol. The zero-order valence-electron chi connectivity index (χ0n) is 10.1. The van der Waals surface area contributed by atoms with Crippen LogP contribution in [0, 0.1) is 0 Å². The number of carboxylic acids is 1. The molecule has 0 heterocycles. The Balaban J connectivity index is 2.68. The molecule has 2 aromatic carbocycles. The lowest BCUT2D eigenvalue weighted by Gasteiger charge is -2.13. The van der Waals surface area contributed by atoms with Crippen molar-refractivity contribution in [2.75, 3.05) is 0 Å². The Bertz CT molecular complexity index is 569. The summed E-state index contributed by atoms with van der Waals surface area (Å²) in [5.74, 6) is -1.19. The minimum atomic E-state index is -1.19. The molecule has 0 aliphatic heterocycles. The molecular weight excluding hydrogens is 250 g/mol. The van der Waals surface area contributed by atoms with Gasteiger partial charge >= 0.3 is 5.97 Å². The van der Waals surface area contributed by atoms with Gasteiger partial charge in [0.2, 0.25) is 0 Å². The van der Waals surface area contributed by atoms with E-state index in [1.807, 2.05) is 0 Å². The number of benzene rings is 2. The molecular formula is C15H12F2O2. The molecule has 0 aromatic heterocycles. The van der Waals surface area contributed by atoms with E-state index in [4.69, 9.17) is 5.11 Å². The number of hydrogen-bond acceptors (Lipinski definition) is 1. The number of aromatic carboxylic acids is 1. The van der Waals surface area contributed by atoms with Crippen LogP contribution in [0.1, 0.15) is 21.5 Å². The van der Waals surface area contributed by atoms with Crippen LogP contribution in [0.2, 0.25) is 0 Å². The van der Waals surface area contributed by atoms with E-state index in [0.717, 1.165) is 0 Å². The van der Waals surface area contributed by atoms with Crippen molar-refractivity contribution in [2.24, 2.45) is 0 Å². The van der Waals surface area contributed by atoms with Gasteiger partial charge < -0.3 is 5.11 Å². The maximum atomic E-state index is 13.1. The standard InChI is InChI=1S/C15H12F2O2/c16-8-12-6-11(15(18)19)7-13(9-17)14(12)10-4-2-1-3-5-10/h1-7H,8-9H2,(H,18,19). The summed E-state index contributed by atoms with van der Waals surface area (Å²) < 4.78 is 26.2. The first-order valence-corrected chi connectivity index (χ1v) is 5.73. The lowest BCUT2D eigenvalue weighted by Crippen LogP contribution is -2.02. The second kappa shape index (κ2) is 5.61. The summed E-state index contributed by atoms with van der Waals surface area (Å²) in [4.78, 5) is 10.9. The van der Waals surface area contributed by atoms with Crippen LogP contribution in [-0.2, 0) is 13.3 Å². The zero-order valence-corrected chi connectivity index (χ0v) is 10.1. The van der Waals surface area contributed by atoms with Gasteiger partial charge in [0.1, 0.15) is 13.3 Å². The second-order valence-electron chi connectivity index (χ2n) is 4.11. The molecule has 0 radical (unpaired) electrons. The average Bonchev–Trinajstić information content (AvgIpc) is 2.46. The molecule has 1 N–H and O–H groups in total. The Morgan fingerprint density at radius 2 is 1.53 bits per heavy atom. The van der Waals surface area contributed by atoms with E-state index in [1.165, 1.54) is 12.1 Å². The van der Waals surface area contributed by atoms with Crippen LogP contribution in [0.25, 0.3) is 11.1 Å². The highest BCUT2D eigenvalue weighted by Crippen LogP contribution is 2.30. The first-order valence-electron chi connectivity index (χ1n) is 5.73. The van der Waals surface area contributed by atoms with Crippen molar-refractivity contribution in [3.63, 3.8) is 0 Å². The third-order valence-corrected chi connectivity index (χ3v) is 2.90. The molecule has 0 saturated carbocycles. The summed E-state index contributed by atoms with van der Waals surface area (Å²) in [6, 6.07) is 11.3. The third-order valence-electron chi connectivity index (χ3n) is 2.90. The van der Waals surface area contributed by atoms with Crippen molar-refractivity contribution in [2.45, 2.75) is 13.3 Å². The summed E-state index contributed by atoms with van der Waals surface area (Å²) in [5.41, 5.74) is 1.41. The molecule has 98 valence electrons. The van der Waals surface area contributed by atoms with Gasteiger partial charge in [-0.15, -0.1) is 0 Å². The molecule has 0 atom stereocenters. The first-order chi connectivity index (χ1) is 9.17. The van der Waals surface area contributed by atoms with Crippen molar-refractivity contribution in [3.05, 3.63) is 59.2 Å². The molecule has 0 unspecified atom stereocenters. The number of rotatable bonds is 4. The number of carbonyl (C=O) groups is 1. The lowest BCUT2D eigenvalue weighted by atomic mass is 9.93. The normalized spacial score (nSPS) is 10.4. The number of hydrogen-bond donors (Lipinski definition) is 1. The minimum absolute atomic E-state index is 0.0972. The minimum Gasteiger partial charge on any atom is -0.478 e. The van der Waals surface area contributed by atoms with Gasteiger partial charge in [-0.3, -0.25) is 0 Å². The SMILES string of the molecule is O=C(O)c1cc(CF)c(-c2ccccc2)c(CF)c1. The maximum Gasteiger partial charge on any atom is 0.335 e. The lowest BCUT2D eigenvalue weighted by molar-refractivity contribution is 0.0696. The fourth-order valence-corrected chi connectivity index (χ4v) is 2.08. The zero-order chi connectivity index (χ0) is 13.8. The highest BCUT2D eigenvalue weighted by molar-refractivity contribution is 5.90. The first kappa shape index (κ1) is 13.2. The Kier molecular flexibility index (Phi) is 3.90. The molecule has 19 heavy (non-hydrogen) atoms. The molecule has 0 aliphatic rings. The Morgan fingerprint density at radius 1 is 1.00 bits per heavy atom. The van der Waals surface area contributed by atoms with Gasteiger partial charge in [0.05, 0.1) is 5.56 Å². The Labute approximate surface area is 109 Å². The van der Waals surface area contributed by atoms with Crippen LogP contribution in [0.4, 0.5) is 8.78 Å².